The minimum Gasteiger partial charge on any atom is -0.358 e. The lowest BCUT2D eigenvalue weighted by atomic mass is 10.4. The van der Waals surface area contributed by atoms with Gasteiger partial charge in [0.25, 0.3) is 0 Å². The van der Waals surface area contributed by atoms with Crippen molar-refractivity contribution >= 4 is 23.6 Å². The Balaban J connectivity index is 2.30. The molecule has 2 amide bonds. The molecule has 1 heterocycles. The molecular formula is C8H14N2O2S. The van der Waals surface area contributed by atoms with Crippen molar-refractivity contribution in [3.63, 3.8) is 0 Å². The Morgan fingerprint density at radius 1 is 1.77 bits per heavy atom. The number of amides is 2. The lowest BCUT2D eigenvalue weighted by molar-refractivity contribution is -0.126. The minimum atomic E-state index is -0.0210. The van der Waals surface area contributed by atoms with E-state index in [4.69, 9.17) is 0 Å². The Kier molecular flexibility index (Phi) is 3.59. The van der Waals surface area contributed by atoms with Crippen molar-refractivity contribution in [1.82, 2.24) is 10.2 Å². The molecular weight excluding hydrogens is 188 g/mol. The fourth-order valence-electron chi connectivity index (χ4n) is 1.19. The molecule has 0 spiro atoms. The van der Waals surface area contributed by atoms with Crippen LogP contribution in [0.1, 0.15) is 6.42 Å². The zero-order valence-electron chi connectivity index (χ0n) is 7.87. The molecule has 74 valence electrons. The van der Waals surface area contributed by atoms with Crippen LogP contribution in [0.4, 0.5) is 0 Å². The van der Waals surface area contributed by atoms with E-state index in [1.165, 1.54) is 11.8 Å². The maximum absolute atomic E-state index is 11.4. The van der Waals surface area contributed by atoms with E-state index < -0.39 is 0 Å². The third kappa shape index (κ3) is 2.62. The summed E-state index contributed by atoms with van der Waals surface area (Å²) in [5.41, 5.74) is 0. The molecule has 13 heavy (non-hydrogen) atoms. The van der Waals surface area contributed by atoms with Crippen molar-refractivity contribution in [2.45, 2.75) is 11.7 Å². The van der Waals surface area contributed by atoms with Crippen LogP contribution in [0.2, 0.25) is 0 Å². The Hall–Kier alpha value is -0.710. The van der Waals surface area contributed by atoms with Gasteiger partial charge in [-0.3, -0.25) is 9.59 Å². The lowest BCUT2D eigenvalue weighted by Gasteiger charge is -2.09. The van der Waals surface area contributed by atoms with Gasteiger partial charge in [0.05, 0.1) is 11.0 Å². The predicted molar refractivity (Wildman–Crippen MR) is 52.6 cm³/mol. The van der Waals surface area contributed by atoms with Crippen molar-refractivity contribution < 1.29 is 9.59 Å². The quantitative estimate of drug-likeness (QED) is 0.683. The Morgan fingerprint density at radius 2 is 2.46 bits per heavy atom. The standard InChI is InChI=1S/C8H14N2O2S/c1-9-7(11)5-13-6-3-4-10(2)8(6)12/h6H,3-5H2,1-2H3,(H,9,11). The van der Waals surface area contributed by atoms with Crippen molar-refractivity contribution in [3.05, 3.63) is 0 Å². The summed E-state index contributed by atoms with van der Waals surface area (Å²) in [5.74, 6) is 0.502. The molecule has 1 atom stereocenters. The number of nitrogens with zero attached hydrogens (tertiary/aromatic N) is 1. The molecule has 1 aliphatic rings. The normalized spacial score (nSPS) is 22.2. The van der Waals surface area contributed by atoms with Crippen molar-refractivity contribution in [1.29, 1.82) is 0 Å². The monoisotopic (exact) mass is 202 g/mol. The molecule has 1 aliphatic heterocycles. The molecule has 0 radical (unpaired) electrons. The number of rotatable bonds is 3. The largest absolute Gasteiger partial charge is 0.358 e. The smallest absolute Gasteiger partial charge is 0.235 e. The van der Waals surface area contributed by atoms with Gasteiger partial charge in [-0.1, -0.05) is 0 Å². The van der Waals surface area contributed by atoms with E-state index in [1.807, 2.05) is 0 Å². The summed E-state index contributed by atoms with van der Waals surface area (Å²) >= 11 is 1.43. The Morgan fingerprint density at radius 3 is 2.92 bits per heavy atom. The first kappa shape index (κ1) is 10.4. The third-order valence-electron chi connectivity index (χ3n) is 2.07. The highest BCUT2D eigenvalue weighted by molar-refractivity contribution is 8.01. The first-order valence-electron chi connectivity index (χ1n) is 4.22. The zero-order valence-corrected chi connectivity index (χ0v) is 8.69. The van der Waals surface area contributed by atoms with Crippen molar-refractivity contribution in [2.75, 3.05) is 26.4 Å². The maximum atomic E-state index is 11.4. The van der Waals surface area contributed by atoms with Gasteiger partial charge in [0.2, 0.25) is 11.8 Å². The van der Waals surface area contributed by atoms with E-state index in [9.17, 15) is 9.59 Å². The molecule has 0 aromatic rings. The molecule has 4 nitrogen and oxygen atoms in total. The van der Waals surface area contributed by atoms with Crippen LogP contribution in [0, 0.1) is 0 Å². The molecule has 1 unspecified atom stereocenters. The summed E-state index contributed by atoms with van der Waals surface area (Å²) in [7, 11) is 3.40. The summed E-state index contributed by atoms with van der Waals surface area (Å²) in [6.07, 6.45) is 0.858. The highest BCUT2D eigenvalue weighted by Crippen LogP contribution is 2.22. The maximum Gasteiger partial charge on any atom is 0.235 e. The minimum absolute atomic E-state index is 0.0118. The second kappa shape index (κ2) is 4.50. The number of thioether (sulfide) groups is 1. The van der Waals surface area contributed by atoms with Gasteiger partial charge < -0.3 is 10.2 Å². The highest BCUT2D eigenvalue weighted by Gasteiger charge is 2.29. The topological polar surface area (TPSA) is 49.4 Å². The average Bonchev–Trinajstić information content (AvgIpc) is 2.44. The van der Waals surface area contributed by atoms with Crippen molar-refractivity contribution in [3.8, 4) is 0 Å². The Bertz CT molecular complexity index is 220. The molecule has 1 N–H and O–H groups in total. The van der Waals surface area contributed by atoms with Crippen LogP contribution in [0.25, 0.3) is 0 Å². The van der Waals surface area contributed by atoms with Gasteiger partial charge in [-0.05, 0) is 6.42 Å². The molecule has 1 fully saturated rings. The molecule has 1 rings (SSSR count). The van der Waals surface area contributed by atoms with Gasteiger partial charge >= 0.3 is 0 Å². The van der Waals surface area contributed by atoms with E-state index in [0.717, 1.165) is 13.0 Å². The molecule has 1 saturated heterocycles. The third-order valence-corrected chi connectivity index (χ3v) is 3.34. The summed E-state index contributed by atoms with van der Waals surface area (Å²) in [5, 5.41) is 2.52. The highest BCUT2D eigenvalue weighted by atomic mass is 32.2. The van der Waals surface area contributed by atoms with Crippen LogP contribution in [-0.2, 0) is 9.59 Å². The fraction of sp³-hybridized carbons (Fsp3) is 0.750. The second-order valence-electron chi connectivity index (χ2n) is 3.02. The van der Waals surface area contributed by atoms with E-state index in [2.05, 4.69) is 5.32 Å². The van der Waals surface area contributed by atoms with Gasteiger partial charge in [-0.25, -0.2) is 0 Å². The SMILES string of the molecule is CNC(=O)CSC1CCN(C)C1=O. The van der Waals surface area contributed by atoms with Crippen LogP contribution < -0.4 is 5.32 Å². The number of hydrogen-bond acceptors (Lipinski definition) is 3. The second-order valence-corrected chi connectivity index (χ2v) is 4.21. The molecule has 0 saturated carbocycles. The van der Waals surface area contributed by atoms with Gasteiger partial charge in [-0.2, -0.15) is 0 Å². The van der Waals surface area contributed by atoms with Gasteiger partial charge in [0.15, 0.2) is 0 Å². The van der Waals surface area contributed by atoms with Crippen molar-refractivity contribution in [2.24, 2.45) is 0 Å². The number of carbonyl (C=O) groups excluding carboxylic acids is 2. The van der Waals surface area contributed by atoms with Crippen LogP contribution in [0.3, 0.4) is 0 Å². The molecule has 0 aromatic heterocycles. The lowest BCUT2D eigenvalue weighted by Crippen LogP contribution is -2.26. The van der Waals surface area contributed by atoms with E-state index >= 15 is 0 Å². The van der Waals surface area contributed by atoms with Gasteiger partial charge in [0.1, 0.15) is 0 Å². The summed E-state index contributed by atoms with van der Waals surface area (Å²) in [6, 6.07) is 0. The molecule has 0 bridgehead atoms. The summed E-state index contributed by atoms with van der Waals surface area (Å²) in [4.78, 5) is 24.0. The first-order chi connectivity index (χ1) is 6.15. The van der Waals surface area contributed by atoms with Gasteiger partial charge in [0, 0.05) is 20.6 Å². The number of hydrogen-bond donors (Lipinski definition) is 1. The van der Waals surface area contributed by atoms with Crippen LogP contribution in [0.15, 0.2) is 0 Å². The first-order valence-corrected chi connectivity index (χ1v) is 5.27. The summed E-state index contributed by atoms with van der Waals surface area (Å²) in [6.45, 7) is 0.810. The summed E-state index contributed by atoms with van der Waals surface area (Å²) < 4.78 is 0. The molecule has 5 heteroatoms. The average molecular weight is 202 g/mol. The van der Waals surface area contributed by atoms with E-state index in [0.29, 0.717) is 5.75 Å². The van der Waals surface area contributed by atoms with Crippen LogP contribution in [0.5, 0.6) is 0 Å². The number of carbonyl (C=O) groups is 2. The van der Waals surface area contributed by atoms with E-state index in [1.54, 1.807) is 19.0 Å². The van der Waals surface area contributed by atoms with Crippen LogP contribution >= 0.6 is 11.8 Å². The fourth-order valence-corrected chi connectivity index (χ4v) is 2.28. The number of likely N-dealkylation sites (tertiary alicyclic amines) is 1. The molecule has 0 aromatic carbocycles. The predicted octanol–water partition coefficient (Wildman–Crippen LogP) is -0.304. The number of nitrogens with one attached hydrogen (secondary N) is 1. The van der Waals surface area contributed by atoms with E-state index in [-0.39, 0.29) is 17.1 Å². The molecule has 0 aliphatic carbocycles. The zero-order chi connectivity index (χ0) is 9.84. The van der Waals surface area contributed by atoms with Crippen LogP contribution in [-0.4, -0.2) is 48.4 Å². The van der Waals surface area contributed by atoms with Gasteiger partial charge in [-0.15, -0.1) is 11.8 Å². The Labute approximate surface area is 82.0 Å².